The van der Waals surface area contributed by atoms with Crippen molar-refractivity contribution in [3.05, 3.63) is 28.1 Å². The van der Waals surface area contributed by atoms with Crippen molar-refractivity contribution < 1.29 is 4.92 Å². The van der Waals surface area contributed by atoms with E-state index >= 15 is 0 Å². The third kappa shape index (κ3) is 1.47. The molecule has 6 nitrogen and oxygen atoms in total. The minimum atomic E-state index is -0.529. The molecule has 64 valence electrons. The van der Waals surface area contributed by atoms with E-state index in [9.17, 15) is 10.1 Å². The maximum atomic E-state index is 10.3. The monoisotopic (exact) mass is 168 g/mol. The van der Waals surface area contributed by atoms with Crippen LogP contribution in [-0.2, 0) is 6.54 Å². The molecule has 0 aliphatic heterocycles. The number of rotatable bonds is 2. The third-order valence-electron chi connectivity index (χ3n) is 1.43. The molecule has 1 rings (SSSR count). The maximum Gasteiger partial charge on any atom is 0.303 e. The fourth-order valence-electron chi connectivity index (χ4n) is 0.791. The summed E-state index contributed by atoms with van der Waals surface area (Å²) in [5.41, 5.74) is -0.0593. The molecule has 1 aromatic rings. The summed E-state index contributed by atoms with van der Waals surface area (Å²) < 4.78 is 1.40. The SMILES string of the molecule is CCn1cc([N+](=O)[O-])cnc1=N. The topological polar surface area (TPSA) is 84.8 Å². The Hall–Kier alpha value is -1.72. The molecule has 0 saturated carbocycles. The number of hydrogen-bond acceptors (Lipinski definition) is 4. The number of nitrogens with zero attached hydrogens (tertiary/aromatic N) is 3. The summed E-state index contributed by atoms with van der Waals surface area (Å²) in [5.74, 6) is 0. The van der Waals surface area contributed by atoms with Crippen LogP contribution < -0.4 is 5.62 Å². The van der Waals surface area contributed by atoms with Gasteiger partial charge in [0.1, 0.15) is 6.20 Å². The number of hydrogen-bond donors (Lipinski definition) is 1. The molecule has 0 bridgehead atoms. The first-order chi connectivity index (χ1) is 5.65. The summed E-state index contributed by atoms with van der Waals surface area (Å²) in [5, 5.41) is 17.5. The predicted octanol–water partition coefficient (Wildman–Crippen LogP) is 0.291. The lowest BCUT2D eigenvalue weighted by Gasteiger charge is -1.99. The second kappa shape index (κ2) is 3.12. The average molecular weight is 168 g/mol. The van der Waals surface area contributed by atoms with Crippen LogP contribution in [0.15, 0.2) is 12.4 Å². The number of nitro groups is 1. The Morgan fingerprint density at radius 2 is 2.50 bits per heavy atom. The van der Waals surface area contributed by atoms with Gasteiger partial charge in [-0.15, -0.1) is 0 Å². The molecule has 0 fully saturated rings. The molecule has 12 heavy (non-hydrogen) atoms. The summed E-state index contributed by atoms with van der Waals surface area (Å²) >= 11 is 0. The lowest BCUT2D eigenvalue weighted by Crippen LogP contribution is -2.21. The summed E-state index contributed by atoms with van der Waals surface area (Å²) in [6, 6.07) is 0. The van der Waals surface area contributed by atoms with Crippen molar-refractivity contribution in [2.45, 2.75) is 13.5 Å². The van der Waals surface area contributed by atoms with Crippen molar-refractivity contribution in [3.8, 4) is 0 Å². The molecule has 0 unspecified atom stereocenters. The maximum absolute atomic E-state index is 10.3. The second-order valence-corrected chi connectivity index (χ2v) is 2.18. The largest absolute Gasteiger partial charge is 0.311 e. The Bertz CT molecular complexity index is 357. The van der Waals surface area contributed by atoms with E-state index in [1.165, 1.54) is 10.8 Å². The number of aryl methyl sites for hydroxylation is 1. The highest BCUT2D eigenvalue weighted by Crippen LogP contribution is 2.03. The molecule has 0 aliphatic rings. The first kappa shape index (κ1) is 8.38. The van der Waals surface area contributed by atoms with Crippen LogP contribution >= 0.6 is 0 Å². The summed E-state index contributed by atoms with van der Waals surface area (Å²) in [4.78, 5) is 13.3. The van der Waals surface area contributed by atoms with Crippen LogP contribution in [0.2, 0.25) is 0 Å². The van der Waals surface area contributed by atoms with Gasteiger partial charge in [0.25, 0.3) is 0 Å². The molecule has 0 aromatic carbocycles. The van der Waals surface area contributed by atoms with E-state index in [-0.39, 0.29) is 11.3 Å². The normalized spacial score (nSPS) is 9.75. The molecular weight excluding hydrogens is 160 g/mol. The van der Waals surface area contributed by atoms with Gasteiger partial charge in [0.05, 0.1) is 11.1 Å². The van der Waals surface area contributed by atoms with Crippen molar-refractivity contribution in [2.75, 3.05) is 0 Å². The van der Waals surface area contributed by atoms with E-state index in [1.54, 1.807) is 6.92 Å². The van der Waals surface area contributed by atoms with Crippen molar-refractivity contribution in [3.63, 3.8) is 0 Å². The van der Waals surface area contributed by atoms with Gasteiger partial charge in [0.15, 0.2) is 0 Å². The Morgan fingerprint density at radius 1 is 1.83 bits per heavy atom. The van der Waals surface area contributed by atoms with Crippen LogP contribution in [0.1, 0.15) is 6.92 Å². The highest BCUT2D eigenvalue weighted by atomic mass is 16.6. The van der Waals surface area contributed by atoms with Crippen LogP contribution in [0.25, 0.3) is 0 Å². The number of aromatic nitrogens is 2. The van der Waals surface area contributed by atoms with Gasteiger partial charge in [-0.2, -0.15) is 0 Å². The van der Waals surface area contributed by atoms with Gasteiger partial charge >= 0.3 is 5.69 Å². The van der Waals surface area contributed by atoms with Crippen LogP contribution in [0, 0.1) is 15.5 Å². The van der Waals surface area contributed by atoms with Crippen molar-refractivity contribution >= 4 is 5.69 Å². The molecule has 0 atom stereocenters. The van der Waals surface area contributed by atoms with Crippen LogP contribution in [0.5, 0.6) is 0 Å². The Labute approximate surface area is 68.1 Å². The smallest absolute Gasteiger partial charge is 0.303 e. The zero-order valence-electron chi connectivity index (χ0n) is 6.52. The molecule has 0 amide bonds. The van der Waals surface area contributed by atoms with Gasteiger partial charge in [-0.1, -0.05) is 0 Å². The van der Waals surface area contributed by atoms with Gasteiger partial charge in [0, 0.05) is 6.54 Å². The first-order valence-electron chi connectivity index (χ1n) is 3.40. The highest BCUT2D eigenvalue weighted by molar-refractivity contribution is 5.19. The summed E-state index contributed by atoms with van der Waals surface area (Å²) in [7, 11) is 0. The van der Waals surface area contributed by atoms with E-state index in [4.69, 9.17) is 5.41 Å². The van der Waals surface area contributed by atoms with Gasteiger partial charge < -0.3 is 4.57 Å². The van der Waals surface area contributed by atoms with Crippen molar-refractivity contribution in [2.24, 2.45) is 0 Å². The quantitative estimate of drug-likeness (QED) is 0.508. The lowest BCUT2D eigenvalue weighted by atomic mass is 10.5. The second-order valence-electron chi connectivity index (χ2n) is 2.18. The van der Waals surface area contributed by atoms with E-state index in [0.717, 1.165) is 6.20 Å². The minimum absolute atomic E-state index is 0.0306. The van der Waals surface area contributed by atoms with Crippen molar-refractivity contribution in [1.82, 2.24) is 9.55 Å². The highest BCUT2D eigenvalue weighted by Gasteiger charge is 2.05. The average Bonchev–Trinajstić information content (AvgIpc) is 2.05. The van der Waals surface area contributed by atoms with E-state index < -0.39 is 4.92 Å². The fraction of sp³-hybridized carbons (Fsp3) is 0.333. The molecule has 0 spiro atoms. The standard InChI is InChI=1S/C6H8N4O2/c1-2-9-4-5(10(11)12)3-8-6(9)7/h3-4,7H,2H2,1H3. The summed E-state index contributed by atoms with van der Waals surface area (Å²) in [6.45, 7) is 2.30. The Kier molecular flexibility index (Phi) is 2.18. The van der Waals surface area contributed by atoms with Crippen LogP contribution in [-0.4, -0.2) is 14.5 Å². The molecule has 0 radical (unpaired) electrons. The zero-order chi connectivity index (χ0) is 9.14. The van der Waals surface area contributed by atoms with Crippen LogP contribution in [0.4, 0.5) is 5.69 Å². The first-order valence-corrected chi connectivity index (χ1v) is 3.40. The molecule has 1 aromatic heterocycles. The van der Waals surface area contributed by atoms with E-state index in [1.807, 2.05) is 0 Å². The van der Waals surface area contributed by atoms with Gasteiger partial charge in [0.2, 0.25) is 5.62 Å². The number of nitrogens with one attached hydrogen (secondary N) is 1. The Balaban J connectivity index is 3.23. The molecule has 1 N–H and O–H groups in total. The van der Waals surface area contributed by atoms with Gasteiger partial charge in [-0.05, 0) is 6.92 Å². The van der Waals surface area contributed by atoms with E-state index in [2.05, 4.69) is 4.98 Å². The molecule has 0 saturated heterocycles. The minimum Gasteiger partial charge on any atom is -0.311 e. The zero-order valence-corrected chi connectivity index (χ0v) is 6.52. The fourth-order valence-corrected chi connectivity index (χ4v) is 0.791. The lowest BCUT2D eigenvalue weighted by molar-refractivity contribution is -0.385. The van der Waals surface area contributed by atoms with Crippen molar-refractivity contribution in [1.29, 1.82) is 5.41 Å². The predicted molar refractivity (Wildman–Crippen MR) is 40.4 cm³/mol. The third-order valence-corrected chi connectivity index (χ3v) is 1.43. The Morgan fingerprint density at radius 3 is 3.00 bits per heavy atom. The molecule has 0 aliphatic carbocycles. The van der Waals surface area contributed by atoms with Gasteiger partial charge in [-0.3, -0.25) is 15.5 Å². The van der Waals surface area contributed by atoms with Gasteiger partial charge in [-0.25, -0.2) is 4.98 Å². The molecule has 6 heteroatoms. The molecule has 1 heterocycles. The van der Waals surface area contributed by atoms with Crippen LogP contribution in [0.3, 0.4) is 0 Å². The molecular formula is C6H8N4O2. The van der Waals surface area contributed by atoms with E-state index in [0.29, 0.717) is 6.54 Å². The summed E-state index contributed by atoms with van der Waals surface area (Å²) in [6.07, 6.45) is 2.38.